The average molecular weight is 266 g/mol. The largest absolute Gasteiger partial charge is 0.488 e. The van der Waals surface area contributed by atoms with Crippen molar-refractivity contribution in [2.45, 2.75) is 24.0 Å². The second kappa shape index (κ2) is 4.18. The van der Waals surface area contributed by atoms with Gasteiger partial charge in [0, 0.05) is 5.56 Å². The highest BCUT2D eigenvalue weighted by atomic mass is 16.5. The van der Waals surface area contributed by atoms with Gasteiger partial charge in [-0.1, -0.05) is 48.5 Å². The normalized spacial score (nSPS) is 30.8. The molecule has 3 nitrogen and oxygen atoms in total. The standard InChI is InChI=1S/C17H14O3/c18-15-13(10-6-2-1-3-7-10)17-14(16(15)19)11-8-4-5-9-12(11)20-17/h1-9,13-15,17-18H. The van der Waals surface area contributed by atoms with Gasteiger partial charge in [0.05, 0.1) is 11.8 Å². The van der Waals surface area contributed by atoms with E-state index in [-0.39, 0.29) is 23.7 Å². The van der Waals surface area contributed by atoms with Crippen LogP contribution in [0.2, 0.25) is 0 Å². The van der Waals surface area contributed by atoms with E-state index in [1.807, 2.05) is 54.6 Å². The minimum absolute atomic E-state index is 0.131. The zero-order valence-electron chi connectivity index (χ0n) is 10.8. The molecule has 4 unspecified atom stereocenters. The Kier molecular flexibility index (Phi) is 2.44. The molecule has 2 aliphatic rings. The number of Topliss-reactive ketones (excluding diaryl/α,β-unsaturated/α-hetero) is 1. The van der Waals surface area contributed by atoms with Crippen LogP contribution in [0.4, 0.5) is 0 Å². The second-order valence-electron chi connectivity index (χ2n) is 5.38. The molecule has 0 amide bonds. The molecule has 2 aromatic carbocycles. The first kappa shape index (κ1) is 11.7. The van der Waals surface area contributed by atoms with Gasteiger partial charge >= 0.3 is 0 Å². The minimum Gasteiger partial charge on any atom is -0.488 e. The third-order valence-corrected chi connectivity index (χ3v) is 4.32. The summed E-state index contributed by atoms with van der Waals surface area (Å²) in [5.74, 6) is 0.00462. The highest BCUT2D eigenvalue weighted by Crippen LogP contribution is 2.50. The molecule has 1 heterocycles. The van der Waals surface area contributed by atoms with Crippen molar-refractivity contribution in [3.05, 3.63) is 65.7 Å². The molecule has 0 bridgehead atoms. The number of benzene rings is 2. The number of aliphatic hydroxyl groups is 1. The van der Waals surface area contributed by atoms with Crippen LogP contribution in [0.25, 0.3) is 0 Å². The van der Waals surface area contributed by atoms with Crippen molar-refractivity contribution in [3.8, 4) is 5.75 Å². The van der Waals surface area contributed by atoms with Crippen LogP contribution >= 0.6 is 0 Å². The molecule has 0 radical (unpaired) electrons. The number of para-hydroxylation sites is 1. The van der Waals surface area contributed by atoms with Crippen molar-refractivity contribution < 1.29 is 14.6 Å². The summed E-state index contributed by atoms with van der Waals surface area (Å²) >= 11 is 0. The Bertz CT molecular complexity index is 665. The summed E-state index contributed by atoms with van der Waals surface area (Å²) in [5, 5.41) is 10.3. The molecule has 2 aromatic rings. The summed E-state index contributed by atoms with van der Waals surface area (Å²) in [7, 11) is 0. The number of ether oxygens (including phenoxy) is 1. The van der Waals surface area contributed by atoms with Gasteiger partial charge in [-0.2, -0.15) is 0 Å². The van der Waals surface area contributed by atoms with Crippen LogP contribution in [-0.4, -0.2) is 23.1 Å². The summed E-state index contributed by atoms with van der Waals surface area (Å²) < 4.78 is 5.96. The number of ketones is 1. The van der Waals surface area contributed by atoms with E-state index in [0.717, 1.165) is 16.9 Å². The molecular weight excluding hydrogens is 252 g/mol. The van der Waals surface area contributed by atoms with Gasteiger partial charge in [0.15, 0.2) is 5.78 Å². The van der Waals surface area contributed by atoms with Crippen molar-refractivity contribution in [2.75, 3.05) is 0 Å². The summed E-state index contributed by atoms with van der Waals surface area (Å²) in [4.78, 5) is 12.4. The van der Waals surface area contributed by atoms with Crippen molar-refractivity contribution in [3.63, 3.8) is 0 Å². The van der Waals surface area contributed by atoms with Crippen LogP contribution in [0.3, 0.4) is 0 Å². The van der Waals surface area contributed by atoms with Crippen LogP contribution in [0.15, 0.2) is 54.6 Å². The third kappa shape index (κ3) is 1.47. The molecule has 0 saturated heterocycles. The molecule has 4 rings (SSSR count). The van der Waals surface area contributed by atoms with E-state index in [9.17, 15) is 9.90 Å². The molecule has 1 fully saturated rings. The summed E-state index contributed by atoms with van der Waals surface area (Å²) in [5.41, 5.74) is 1.86. The fraction of sp³-hybridized carbons (Fsp3) is 0.235. The summed E-state index contributed by atoms with van der Waals surface area (Å²) in [6.07, 6.45) is -1.28. The monoisotopic (exact) mass is 266 g/mol. The fourth-order valence-electron chi connectivity index (χ4n) is 3.42. The molecule has 0 spiro atoms. The number of rotatable bonds is 1. The molecule has 1 aliphatic carbocycles. The molecule has 0 aromatic heterocycles. The van der Waals surface area contributed by atoms with Crippen LogP contribution < -0.4 is 4.74 Å². The molecule has 1 N–H and O–H groups in total. The van der Waals surface area contributed by atoms with Gasteiger partial charge in [0.1, 0.15) is 18.0 Å². The molecule has 3 heteroatoms. The number of aliphatic hydroxyl groups excluding tert-OH is 1. The van der Waals surface area contributed by atoms with Crippen molar-refractivity contribution in [2.24, 2.45) is 0 Å². The number of carbonyl (C=O) groups excluding carboxylic acids is 1. The highest BCUT2D eigenvalue weighted by Gasteiger charge is 2.55. The Balaban J connectivity index is 1.81. The Morgan fingerprint density at radius 3 is 2.45 bits per heavy atom. The number of hydrogen-bond acceptors (Lipinski definition) is 3. The number of fused-ring (bicyclic) bond motifs is 3. The lowest BCUT2D eigenvalue weighted by Crippen LogP contribution is -2.25. The SMILES string of the molecule is O=C1C(O)C(c2ccccc2)C2Oc3ccccc3C12. The maximum Gasteiger partial charge on any atom is 0.173 e. The lowest BCUT2D eigenvalue weighted by molar-refractivity contribution is -0.125. The van der Waals surface area contributed by atoms with Gasteiger partial charge in [0.2, 0.25) is 0 Å². The lowest BCUT2D eigenvalue weighted by Gasteiger charge is -2.20. The van der Waals surface area contributed by atoms with Gasteiger partial charge in [-0.15, -0.1) is 0 Å². The lowest BCUT2D eigenvalue weighted by atomic mass is 9.91. The zero-order chi connectivity index (χ0) is 13.7. The van der Waals surface area contributed by atoms with Gasteiger partial charge in [-0.3, -0.25) is 4.79 Å². The maximum absolute atomic E-state index is 12.4. The summed E-state index contributed by atoms with van der Waals surface area (Å²) in [6.45, 7) is 0. The minimum atomic E-state index is -0.985. The molecule has 20 heavy (non-hydrogen) atoms. The fourth-order valence-corrected chi connectivity index (χ4v) is 3.42. The van der Waals surface area contributed by atoms with E-state index in [4.69, 9.17) is 4.74 Å². The Morgan fingerprint density at radius 2 is 1.65 bits per heavy atom. The first-order chi connectivity index (χ1) is 9.77. The topological polar surface area (TPSA) is 46.5 Å². The highest BCUT2D eigenvalue weighted by molar-refractivity contribution is 5.95. The first-order valence-electron chi connectivity index (χ1n) is 6.79. The quantitative estimate of drug-likeness (QED) is 0.861. The van der Waals surface area contributed by atoms with E-state index in [1.54, 1.807) is 0 Å². The van der Waals surface area contributed by atoms with Gasteiger partial charge < -0.3 is 9.84 Å². The van der Waals surface area contributed by atoms with E-state index in [0.29, 0.717) is 0 Å². The Morgan fingerprint density at radius 1 is 0.950 bits per heavy atom. The Hall–Kier alpha value is -2.13. The Labute approximate surface area is 116 Å². The first-order valence-corrected chi connectivity index (χ1v) is 6.79. The predicted molar refractivity (Wildman–Crippen MR) is 73.8 cm³/mol. The third-order valence-electron chi connectivity index (χ3n) is 4.32. The van der Waals surface area contributed by atoms with Crippen molar-refractivity contribution >= 4 is 5.78 Å². The number of carbonyl (C=O) groups is 1. The van der Waals surface area contributed by atoms with Crippen LogP contribution in [0.5, 0.6) is 5.75 Å². The van der Waals surface area contributed by atoms with Crippen LogP contribution in [0.1, 0.15) is 23.0 Å². The van der Waals surface area contributed by atoms with E-state index in [1.165, 1.54) is 0 Å². The molecule has 100 valence electrons. The number of hydrogen-bond donors (Lipinski definition) is 1. The smallest absolute Gasteiger partial charge is 0.173 e. The second-order valence-corrected chi connectivity index (χ2v) is 5.38. The average Bonchev–Trinajstić information content (AvgIpc) is 2.96. The summed E-state index contributed by atoms with van der Waals surface area (Å²) in [6, 6.07) is 17.2. The molecule has 1 saturated carbocycles. The maximum atomic E-state index is 12.4. The van der Waals surface area contributed by atoms with E-state index in [2.05, 4.69) is 0 Å². The van der Waals surface area contributed by atoms with Gasteiger partial charge in [-0.05, 0) is 11.6 Å². The van der Waals surface area contributed by atoms with E-state index >= 15 is 0 Å². The van der Waals surface area contributed by atoms with Gasteiger partial charge in [0.25, 0.3) is 0 Å². The zero-order valence-corrected chi connectivity index (χ0v) is 10.8. The molecule has 4 atom stereocenters. The van der Waals surface area contributed by atoms with Crippen LogP contribution in [-0.2, 0) is 4.79 Å². The van der Waals surface area contributed by atoms with E-state index < -0.39 is 6.10 Å². The van der Waals surface area contributed by atoms with Crippen molar-refractivity contribution in [1.82, 2.24) is 0 Å². The molecule has 1 aliphatic heterocycles. The van der Waals surface area contributed by atoms with Gasteiger partial charge in [-0.25, -0.2) is 0 Å². The molecular formula is C17H14O3. The predicted octanol–water partition coefficient (Wildman–Crippen LogP) is 2.26. The van der Waals surface area contributed by atoms with Crippen LogP contribution in [0, 0.1) is 0 Å². The van der Waals surface area contributed by atoms with Crippen molar-refractivity contribution in [1.29, 1.82) is 0 Å².